The predicted octanol–water partition coefficient (Wildman–Crippen LogP) is 3.45. The van der Waals surface area contributed by atoms with Gasteiger partial charge in [-0.2, -0.15) is 18.3 Å². The maximum atomic E-state index is 13.0. The summed E-state index contributed by atoms with van der Waals surface area (Å²) in [7, 11) is 0. The van der Waals surface area contributed by atoms with Crippen LogP contribution in [0, 0.1) is 5.82 Å². The largest absolute Gasteiger partial charge is 0.416 e. The van der Waals surface area contributed by atoms with Crippen LogP contribution in [0.4, 0.5) is 17.6 Å². The van der Waals surface area contributed by atoms with Gasteiger partial charge in [0.2, 0.25) is 0 Å². The van der Waals surface area contributed by atoms with Gasteiger partial charge in [0.25, 0.3) is 5.91 Å². The summed E-state index contributed by atoms with van der Waals surface area (Å²) in [6, 6.07) is 3.89. The fourth-order valence-electron chi connectivity index (χ4n) is 2.11. The van der Waals surface area contributed by atoms with Gasteiger partial charge in [-0.05, 0) is 30.2 Å². The number of benzene rings is 1. The SMILES string of the molecule is CCCc1cc(C(=O)NCc2ccc(F)cc2C(F)(F)F)n[nH]1. The van der Waals surface area contributed by atoms with Crippen LogP contribution in [-0.2, 0) is 19.1 Å². The number of rotatable bonds is 5. The lowest BCUT2D eigenvalue weighted by atomic mass is 10.1. The van der Waals surface area contributed by atoms with Gasteiger partial charge in [0.15, 0.2) is 0 Å². The van der Waals surface area contributed by atoms with E-state index in [1.807, 2.05) is 6.92 Å². The molecule has 0 aliphatic rings. The summed E-state index contributed by atoms with van der Waals surface area (Å²) in [5, 5.41) is 8.86. The molecule has 0 atom stereocenters. The Morgan fingerprint density at radius 3 is 2.70 bits per heavy atom. The number of carbonyl (C=O) groups excluding carboxylic acids is 1. The number of aromatic nitrogens is 2. The number of amides is 1. The zero-order chi connectivity index (χ0) is 17.0. The molecule has 0 aliphatic heterocycles. The summed E-state index contributed by atoms with van der Waals surface area (Å²) in [5.74, 6) is -1.58. The smallest absolute Gasteiger partial charge is 0.347 e. The summed E-state index contributed by atoms with van der Waals surface area (Å²) >= 11 is 0. The Morgan fingerprint density at radius 1 is 1.30 bits per heavy atom. The van der Waals surface area contributed by atoms with Crippen molar-refractivity contribution in [1.82, 2.24) is 15.5 Å². The van der Waals surface area contributed by atoms with Crippen molar-refractivity contribution < 1.29 is 22.4 Å². The fraction of sp³-hybridized carbons (Fsp3) is 0.333. The number of hydrogen-bond donors (Lipinski definition) is 2. The van der Waals surface area contributed by atoms with E-state index in [4.69, 9.17) is 0 Å². The normalized spacial score (nSPS) is 11.5. The highest BCUT2D eigenvalue weighted by Gasteiger charge is 2.33. The summed E-state index contributed by atoms with van der Waals surface area (Å²) in [5.41, 5.74) is -0.442. The third-order valence-corrected chi connectivity index (χ3v) is 3.20. The van der Waals surface area contributed by atoms with Crippen LogP contribution in [0.25, 0.3) is 0 Å². The van der Waals surface area contributed by atoms with E-state index in [-0.39, 0.29) is 17.8 Å². The average Bonchev–Trinajstić information content (AvgIpc) is 2.94. The Morgan fingerprint density at radius 2 is 2.04 bits per heavy atom. The first kappa shape index (κ1) is 17.0. The topological polar surface area (TPSA) is 57.8 Å². The number of aromatic amines is 1. The van der Waals surface area contributed by atoms with Crippen LogP contribution in [0.3, 0.4) is 0 Å². The van der Waals surface area contributed by atoms with Gasteiger partial charge in [0.05, 0.1) is 5.56 Å². The number of H-pyrrole nitrogens is 1. The number of nitrogens with zero attached hydrogens (tertiary/aromatic N) is 1. The second-order valence-corrected chi connectivity index (χ2v) is 5.01. The summed E-state index contributed by atoms with van der Waals surface area (Å²) in [6.07, 6.45) is -3.10. The third kappa shape index (κ3) is 4.30. The van der Waals surface area contributed by atoms with Crippen LogP contribution in [0.1, 0.15) is 40.7 Å². The highest BCUT2D eigenvalue weighted by Crippen LogP contribution is 2.32. The molecule has 2 rings (SSSR count). The van der Waals surface area contributed by atoms with E-state index < -0.39 is 23.5 Å². The zero-order valence-electron chi connectivity index (χ0n) is 12.3. The summed E-state index contributed by atoms with van der Waals surface area (Å²) in [4.78, 5) is 11.9. The van der Waals surface area contributed by atoms with Crippen molar-refractivity contribution in [1.29, 1.82) is 0 Å². The second-order valence-electron chi connectivity index (χ2n) is 5.01. The van der Waals surface area contributed by atoms with Gasteiger partial charge in [-0.1, -0.05) is 19.4 Å². The van der Waals surface area contributed by atoms with Crippen LogP contribution >= 0.6 is 0 Å². The van der Waals surface area contributed by atoms with Gasteiger partial charge < -0.3 is 5.32 Å². The van der Waals surface area contributed by atoms with Crippen molar-refractivity contribution in [3.05, 3.63) is 52.6 Å². The molecule has 0 saturated heterocycles. The van der Waals surface area contributed by atoms with Crippen LogP contribution in [0.5, 0.6) is 0 Å². The second kappa shape index (κ2) is 6.80. The lowest BCUT2D eigenvalue weighted by molar-refractivity contribution is -0.138. The van der Waals surface area contributed by atoms with Gasteiger partial charge in [-0.3, -0.25) is 9.89 Å². The van der Waals surface area contributed by atoms with Crippen LogP contribution in [-0.4, -0.2) is 16.1 Å². The van der Waals surface area contributed by atoms with Gasteiger partial charge in [0.1, 0.15) is 11.5 Å². The molecule has 1 amide bonds. The van der Waals surface area contributed by atoms with Crippen molar-refractivity contribution in [3.8, 4) is 0 Å². The highest BCUT2D eigenvalue weighted by molar-refractivity contribution is 5.92. The number of carbonyl (C=O) groups is 1. The Labute approximate surface area is 129 Å². The van der Waals surface area contributed by atoms with E-state index >= 15 is 0 Å². The van der Waals surface area contributed by atoms with Crippen molar-refractivity contribution in [2.75, 3.05) is 0 Å². The predicted molar refractivity (Wildman–Crippen MR) is 75.2 cm³/mol. The first-order valence-electron chi connectivity index (χ1n) is 6.99. The lowest BCUT2D eigenvalue weighted by Gasteiger charge is -2.13. The van der Waals surface area contributed by atoms with Gasteiger partial charge >= 0.3 is 6.18 Å². The molecule has 0 fully saturated rings. The van der Waals surface area contributed by atoms with Crippen molar-refractivity contribution >= 4 is 5.91 Å². The summed E-state index contributed by atoms with van der Waals surface area (Å²) in [6.45, 7) is 1.59. The first-order valence-corrected chi connectivity index (χ1v) is 6.99. The standard InChI is InChI=1S/C15H15F4N3O/c1-2-3-11-7-13(22-21-11)14(23)20-8-9-4-5-10(16)6-12(9)15(17,18)19/h4-7H,2-3,8H2,1H3,(H,20,23)(H,21,22). The average molecular weight is 329 g/mol. The number of nitrogens with one attached hydrogen (secondary N) is 2. The number of halogens is 4. The Balaban J connectivity index is 2.09. The van der Waals surface area contributed by atoms with Gasteiger partial charge in [-0.15, -0.1) is 0 Å². The number of alkyl halides is 3. The molecule has 8 heteroatoms. The van der Waals surface area contributed by atoms with E-state index in [9.17, 15) is 22.4 Å². The van der Waals surface area contributed by atoms with Crippen molar-refractivity contribution in [2.45, 2.75) is 32.5 Å². The molecule has 23 heavy (non-hydrogen) atoms. The molecule has 0 unspecified atom stereocenters. The van der Waals surface area contributed by atoms with E-state index in [0.717, 1.165) is 30.7 Å². The van der Waals surface area contributed by atoms with Crippen LogP contribution in [0.15, 0.2) is 24.3 Å². The molecule has 4 nitrogen and oxygen atoms in total. The Kier molecular flexibility index (Phi) is 5.02. The molecule has 0 spiro atoms. The van der Waals surface area contributed by atoms with E-state index in [0.29, 0.717) is 6.07 Å². The Bertz CT molecular complexity index is 694. The minimum atomic E-state index is -4.69. The molecule has 0 saturated carbocycles. The van der Waals surface area contributed by atoms with Crippen molar-refractivity contribution in [3.63, 3.8) is 0 Å². The molecule has 124 valence electrons. The molecule has 1 aromatic heterocycles. The maximum absolute atomic E-state index is 13.0. The van der Waals surface area contributed by atoms with Crippen molar-refractivity contribution in [2.24, 2.45) is 0 Å². The molecule has 0 radical (unpaired) electrons. The highest BCUT2D eigenvalue weighted by atomic mass is 19.4. The first-order chi connectivity index (χ1) is 10.8. The maximum Gasteiger partial charge on any atom is 0.416 e. The minimum Gasteiger partial charge on any atom is -0.347 e. The molecule has 1 aromatic carbocycles. The van der Waals surface area contributed by atoms with E-state index in [2.05, 4.69) is 15.5 Å². The van der Waals surface area contributed by atoms with E-state index in [1.54, 1.807) is 6.07 Å². The molecule has 0 aliphatic carbocycles. The quantitative estimate of drug-likeness (QED) is 0.826. The van der Waals surface area contributed by atoms with E-state index in [1.165, 1.54) is 0 Å². The molecule has 1 heterocycles. The zero-order valence-corrected chi connectivity index (χ0v) is 12.3. The van der Waals surface area contributed by atoms with Crippen LogP contribution < -0.4 is 5.32 Å². The molecule has 0 bridgehead atoms. The minimum absolute atomic E-state index is 0.101. The summed E-state index contributed by atoms with van der Waals surface area (Å²) < 4.78 is 51.6. The number of aryl methyl sites for hydroxylation is 1. The lowest BCUT2D eigenvalue weighted by Crippen LogP contribution is -2.25. The molecular formula is C15H15F4N3O. The molecular weight excluding hydrogens is 314 g/mol. The van der Waals surface area contributed by atoms with Crippen LogP contribution in [0.2, 0.25) is 0 Å². The molecule has 2 N–H and O–H groups in total. The monoisotopic (exact) mass is 329 g/mol. The van der Waals surface area contributed by atoms with Gasteiger partial charge in [-0.25, -0.2) is 4.39 Å². The third-order valence-electron chi connectivity index (χ3n) is 3.20. The number of hydrogen-bond acceptors (Lipinski definition) is 2. The van der Waals surface area contributed by atoms with Gasteiger partial charge in [0, 0.05) is 12.2 Å². The Hall–Kier alpha value is -2.38. The fourth-order valence-corrected chi connectivity index (χ4v) is 2.11. The molecule has 2 aromatic rings.